The molecule has 0 aliphatic carbocycles. The van der Waals surface area contributed by atoms with Gasteiger partial charge >= 0.3 is 0 Å². The molecule has 38 heavy (non-hydrogen) atoms. The highest BCUT2D eigenvalue weighted by Gasteiger charge is 2.77. The lowest BCUT2D eigenvalue weighted by Crippen LogP contribution is -2.55. The zero-order chi connectivity index (χ0) is 27.0. The van der Waals surface area contributed by atoms with Crippen molar-refractivity contribution < 1.29 is 29.0 Å². The van der Waals surface area contributed by atoms with Crippen LogP contribution < -0.4 is 15.4 Å². The topological polar surface area (TPSA) is 117 Å². The fraction of sp³-hybridized carbons (Fsp3) is 0.464. The fourth-order valence-corrected chi connectivity index (χ4v) is 7.23. The number of aliphatic hydroxyl groups excluding tert-OH is 1. The maximum Gasteiger partial charge on any atom is 0.250 e. The number of amides is 3. The van der Waals surface area contributed by atoms with Crippen LogP contribution in [0, 0.1) is 11.8 Å². The summed E-state index contributed by atoms with van der Waals surface area (Å²) >= 11 is 3.67. The van der Waals surface area contributed by atoms with Gasteiger partial charge in [-0.25, -0.2) is 0 Å². The van der Waals surface area contributed by atoms with Gasteiger partial charge in [-0.3, -0.25) is 14.4 Å². The monoisotopic (exact) mass is 585 g/mol. The lowest BCUT2D eigenvalue weighted by molar-refractivity contribution is -0.144. The molecule has 3 amide bonds. The summed E-state index contributed by atoms with van der Waals surface area (Å²) in [5, 5.41) is 16.4. The van der Waals surface area contributed by atoms with Crippen LogP contribution in [0.2, 0.25) is 0 Å². The zero-order valence-electron chi connectivity index (χ0n) is 21.3. The van der Waals surface area contributed by atoms with Gasteiger partial charge in [0.1, 0.15) is 17.4 Å². The van der Waals surface area contributed by atoms with Crippen LogP contribution in [0.25, 0.3) is 0 Å². The second-order valence-electron chi connectivity index (χ2n) is 10.0. The van der Waals surface area contributed by atoms with Crippen LogP contribution in [0.4, 0.5) is 5.69 Å². The minimum atomic E-state index is -1.22. The van der Waals surface area contributed by atoms with E-state index in [0.29, 0.717) is 30.0 Å². The summed E-state index contributed by atoms with van der Waals surface area (Å²) in [7, 11) is 1.56. The molecular formula is C28H32BrN3O6. The number of halogens is 1. The third-order valence-corrected chi connectivity index (χ3v) is 8.72. The van der Waals surface area contributed by atoms with Crippen LogP contribution in [-0.4, -0.2) is 70.6 Å². The summed E-state index contributed by atoms with van der Waals surface area (Å²) < 4.78 is 11.7. The van der Waals surface area contributed by atoms with Crippen molar-refractivity contribution in [2.75, 3.05) is 25.6 Å². The number of carbonyl (C=O) groups is 3. The highest BCUT2D eigenvalue weighted by molar-refractivity contribution is 9.09. The highest BCUT2D eigenvalue weighted by Crippen LogP contribution is 2.61. The van der Waals surface area contributed by atoms with Gasteiger partial charge in [-0.05, 0) is 42.7 Å². The molecule has 0 aromatic heterocycles. The Balaban J connectivity index is 1.57. The van der Waals surface area contributed by atoms with Crippen molar-refractivity contribution in [2.24, 2.45) is 11.8 Å². The third kappa shape index (κ3) is 4.28. The maximum atomic E-state index is 14.2. The summed E-state index contributed by atoms with van der Waals surface area (Å²) in [6.07, 6.45) is 0.601. The van der Waals surface area contributed by atoms with E-state index in [0.717, 1.165) is 6.42 Å². The SMILES string of the molecule is CCCNC(=O)[C@H]1[C@@H]2OC3(CC2Br)C(C(=O)Nc2ccc(OC)cc2)N([C@H](CO)c2ccccc2)C(=O)[C@H]13. The van der Waals surface area contributed by atoms with Crippen molar-refractivity contribution >= 4 is 39.3 Å². The molecule has 5 rings (SSSR count). The van der Waals surface area contributed by atoms with Crippen molar-refractivity contribution in [3.05, 3.63) is 60.2 Å². The second kappa shape index (κ2) is 10.7. The van der Waals surface area contributed by atoms with Gasteiger partial charge in [-0.15, -0.1) is 0 Å². The molecule has 3 aliphatic heterocycles. The molecule has 2 aromatic rings. The number of nitrogens with zero attached hydrogens (tertiary/aromatic N) is 1. The minimum absolute atomic E-state index is 0.204. The number of rotatable bonds is 9. The van der Waals surface area contributed by atoms with Crippen LogP contribution in [0.1, 0.15) is 31.4 Å². The lowest BCUT2D eigenvalue weighted by atomic mass is 9.70. The van der Waals surface area contributed by atoms with Gasteiger partial charge in [-0.2, -0.15) is 0 Å². The van der Waals surface area contributed by atoms with Crippen LogP contribution in [0.3, 0.4) is 0 Å². The van der Waals surface area contributed by atoms with Gasteiger partial charge in [0.15, 0.2) is 0 Å². The molecule has 2 aromatic carbocycles. The average Bonchev–Trinajstić information content (AvgIpc) is 3.52. The molecule has 7 atom stereocenters. The third-order valence-electron chi connectivity index (χ3n) is 7.88. The standard InChI is InChI=1S/C28H32BrN3O6/c1-3-13-30-25(34)21-22-27(36)32(20(15-33)16-7-5-4-6-8-16)24(28(22)14-19(29)23(21)38-28)26(35)31-17-9-11-18(37-2)12-10-17/h4-12,19-24,33H,3,13-15H2,1-2H3,(H,30,34)(H,31,35)/t19?,20-,21-,22+,23-,24?,28?/m1/s1. The van der Waals surface area contributed by atoms with Crippen molar-refractivity contribution in [2.45, 2.75) is 48.4 Å². The molecule has 10 heteroatoms. The molecule has 3 heterocycles. The van der Waals surface area contributed by atoms with Gasteiger partial charge in [0.25, 0.3) is 0 Å². The van der Waals surface area contributed by atoms with Crippen molar-refractivity contribution in [3.8, 4) is 5.75 Å². The molecule has 202 valence electrons. The van der Waals surface area contributed by atoms with Crippen LogP contribution in [0.15, 0.2) is 54.6 Å². The summed E-state index contributed by atoms with van der Waals surface area (Å²) in [5.74, 6) is -2.00. The number of hydrogen-bond acceptors (Lipinski definition) is 6. The number of anilines is 1. The number of hydrogen-bond donors (Lipinski definition) is 3. The quantitative estimate of drug-likeness (QED) is 0.389. The first-order chi connectivity index (χ1) is 18.4. The Hall–Kier alpha value is -2.95. The zero-order valence-corrected chi connectivity index (χ0v) is 22.9. The first-order valence-corrected chi connectivity index (χ1v) is 13.8. The number of alkyl halides is 1. The molecular weight excluding hydrogens is 554 g/mol. The predicted molar refractivity (Wildman–Crippen MR) is 144 cm³/mol. The molecule has 1 spiro atoms. The number of carbonyl (C=O) groups excluding carboxylic acids is 3. The van der Waals surface area contributed by atoms with E-state index in [2.05, 4.69) is 26.6 Å². The van der Waals surface area contributed by atoms with Gasteiger partial charge in [-0.1, -0.05) is 53.2 Å². The van der Waals surface area contributed by atoms with E-state index in [9.17, 15) is 19.5 Å². The van der Waals surface area contributed by atoms with Gasteiger partial charge in [0.2, 0.25) is 17.7 Å². The molecule has 2 bridgehead atoms. The molecule has 3 saturated heterocycles. The summed E-state index contributed by atoms with van der Waals surface area (Å²) in [4.78, 5) is 42.8. The normalized spacial score (nSPS) is 30.2. The second-order valence-corrected chi connectivity index (χ2v) is 11.2. The molecule has 3 fully saturated rings. The number of nitrogens with one attached hydrogen (secondary N) is 2. The number of methoxy groups -OCH3 is 1. The largest absolute Gasteiger partial charge is 0.497 e. The van der Waals surface area contributed by atoms with Gasteiger partial charge in [0, 0.05) is 17.1 Å². The first-order valence-electron chi connectivity index (χ1n) is 12.9. The average molecular weight is 586 g/mol. The molecule has 3 N–H and O–H groups in total. The van der Waals surface area contributed by atoms with Crippen LogP contribution >= 0.6 is 15.9 Å². The van der Waals surface area contributed by atoms with Gasteiger partial charge < -0.3 is 30.1 Å². The lowest BCUT2D eigenvalue weighted by Gasteiger charge is -2.37. The van der Waals surface area contributed by atoms with Gasteiger partial charge in [0.05, 0.1) is 37.7 Å². The smallest absolute Gasteiger partial charge is 0.250 e. The summed E-state index contributed by atoms with van der Waals surface area (Å²) in [6.45, 7) is 2.05. The Morgan fingerprint density at radius 3 is 2.53 bits per heavy atom. The van der Waals surface area contributed by atoms with E-state index in [4.69, 9.17) is 9.47 Å². The first kappa shape index (κ1) is 26.6. The van der Waals surface area contributed by atoms with Crippen molar-refractivity contribution in [1.82, 2.24) is 10.2 Å². The van der Waals surface area contributed by atoms with E-state index in [1.807, 2.05) is 37.3 Å². The minimum Gasteiger partial charge on any atom is -0.497 e. The van der Waals surface area contributed by atoms with E-state index in [1.165, 1.54) is 4.90 Å². The Labute approximate surface area is 230 Å². The van der Waals surface area contributed by atoms with E-state index >= 15 is 0 Å². The van der Waals surface area contributed by atoms with Crippen LogP contribution in [-0.2, 0) is 19.1 Å². The predicted octanol–water partition coefficient (Wildman–Crippen LogP) is 2.64. The Bertz CT molecular complexity index is 1190. The number of ether oxygens (including phenoxy) is 2. The number of benzene rings is 2. The van der Waals surface area contributed by atoms with E-state index < -0.39 is 48.1 Å². The van der Waals surface area contributed by atoms with E-state index in [1.54, 1.807) is 31.4 Å². The number of fused-ring (bicyclic) bond motifs is 1. The summed E-state index contributed by atoms with van der Waals surface area (Å²) in [5.41, 5.74) is 0.00507. The Morgan fingerprint density at radius 1 is 1.18 bits per heavy atom. The molecule has 3 unspecified atom stereocenters. The van der Waals surface area contributed by atoms with E-state index in [-0.39, 0.29) is 16.6 Å². The fourth-order valence-electron chi connectivity index (χ4n) is 6.28. The molecule has 0 radical (unpaired) electrons. The summed E-state index contributed by atoms with van der Waals surface area (Å²) in [6, 6.07) is 14.2. The Morgan fingerprint density at radius 2 is 1.89 bits per heavy atom. The highest BCUT2D eigenvalue weighted by atomic mass is 79.9. The van der Waals surface area contributed by atoms with Crippen molar-refractivity contribution in [3.63, 3.8) is 0 Å². The number of aliphatic hydroxyl groups is 1. The maximum absolute atomic E-state index is 14.2. The molecule has 3 aliphatic rings. The molecule has 0 saturated carbocycles. The van der Waals surface area contributed by atoms with Crippen molar-refractivity contribution in [1.29, 1.82) is 0 Å². The van der Waals surface area contributed by atoms with Crippen LogP contribution in [0.5, 0.6) is 5.75 Å². The molecule has 9 nitrogen and oxygen atoms in total. The Kier molecular flexibility index (Phi) is 7.48. The number of likely N-dealkylation sites (tertiary alicyclic amines) is 1.